The topological polar surface area (TPSA) is 85.0 Å². The average Bonchev–Trinajstić information content (AvgIpc) is 2.62. The molecule has 7 heteroatoms. The van der Waals surface area contributed by atoms with Crippen LogP contribution in [0.4, 0.5) is 11.6 Å². The minimum absolute atomic E-state index is 0.391. The number of hydrazone groups is 1. The Labute approximate surface area is 153 Å². The lowest BCUT2D eigenvalue weighted by Crippen LogP contribution is -2.38. The van der Waals surface area contributed by atoms with Crippen molar-refractivity contribution in [2.45, 2.75) is 6.92 Å². The summed E-state index contributed by atoms with van der Waals surface area (Å²) in [7, 11) is 0. The molecule has 1 aliphatic rings. The molecule has 3 rings (SSSR count). The first kappa shape index (κ1) is 18.2. The summed E-state index contributed by atoms with van der Waals surface area (Å²) in [5.41, 5.74) is 11.0. The maximum Gasteiger partial charge on any atom is 0.152 e. The number of aromatic nitrogens is 1. The van der Waals surface area contributed by atoms with Crippen LogP contribution in [-0.2, 0) is 4.74 Å². The summed E-state index contributed by atoms with van der Waals surface area (Å²) >= 11 is 0. The quantitative estimate of drug-likeness (QED) is 0.585. The highest BCUT2D eigenvalue weighted by Crippen LogP contribution is 2.19. The van der Waals surface area contributed by atoms with Gasteiger partial charge in [-0.05, 0) is 12.5 Å². The van der Waals surface area contributed by atoms with Gasteiger partial charge in [-0.2, -0.15) is 5.10 Å². The molecule has 26 heavy (non-hydrogen) atoms. The number of pyridine rings is 1. The molecule has 2 aromatic rings. The van der Waals surface area contributed by atoms with Crippen molar-refractivity contribution in [3.8, 4) is 5.75 Å². The summed E-state index contributed by atoms with van der Waals surface area (Å²) in [5, 5.41) is 4.22. The number of aryl methyl sites for hydroxylation is 1. The Bertz CT molecular complexity index is 744. The number of nitrogen functional groups attached to an aromatic ring is 1. The molecule has 0 aliphatic carbocycles. The third-order valence-corrected chi connectivity index (χ3v) is 4.03. The van der Waals surface area contributed by atoms with Crippen LogP contribution in [0.25, 0.3) is 0 Å². The number of hydrogen-bond donors (Lipinski definition) is 2. The van der Waals surface area contributed by atoms with Gasteiger partial charge in [0.2, 0.25) is 0 Å². The van der Waals surface area contributed by atoms with Crippen molar-refractivity contribution in [3.05, 3.63) is 47.5 Å². The van der Waals surface area contributed by atoms with Crippen molar-refractivity contribution in [2.24, 2.45) is 5.10 Å². The highest BCUT2D eigenvalue weighted by molar-refractivity contribution is 5.80. The molecule has 0 bridgehead atoms. The van der Waals surface area contributed by atoms with Crippen LogP contribution in [0.2, 0.25) is 0 Å². The average molecular weight is 355 g/mol. The molecule has 0 atom stereocenters. The van der Waals surface area contributed by atoms with E-state index in [1.54, 1.807) is 18.3 Å². The van der Waals surface area contributed by atoms with E-state index in [2.05, 4.69) is 26.5 Å². The molecule has 0 saturated carbocycles. The number of benzene rings is 1. The molecule has 0 amide bonds. The normalized spacial score (nSPS) is 15.3. The first-order valence-corrected chi connectivity index (χ1v) is 8.75. The molecular weight excluding hydrogens is 330 g/mol. The van der Waals surface area contributed by atoms with E-state index in [0.29, 0.717) is 24.0 Å². The number of morpholine rings is 1. The molecule has 0 unspecified atom stereocenters. The molecule has 1 fully saturated rings. The van der Waals surface area contributed by atoms with Gasteiger partial charge >= 0.3 is 0 Å². The van der Waals surface area contributed by atoms with E-state index in [1.807, 2.05) is 25.1 Å². The zero-order valence-corrected chi connectivity index (χ0v) is 15.0. The number of anilines is 2. The molecule has 2 heterocycles. The summed E-state index contributed by atoms with van der Waals surface area (Å²) in [4.78, 5) is 6.55. The van der Waals surface area contributed by atoms with E-state index in [4.69, 9.17) is 15.2 Å². The van der Waals surface area contributed by atoms with Gasteiger partial charge in [-0.3, -0.25) is 10.3 Å². The zero-order chi connectivity index (χ0) is 18.2. The zero-order valence-electron chi connectivity index (χ0n) is 15.0. The summed E-state index contributed by atoms with van der Waals surface area (Å²) < 4.78 is 11.2. The second-order valence-corrected chi connectivity index (χ2v) is 6.20. The monoisotopic (exact) mass is 355 g/mol. The fourth-order valence-corrected chi connectivity index (χ4v) is 2.71. The Balaban J connectivity index is 1.53. The Morgan fingerprint density at radius 2 is 2.15 bits per heavy atom. The van der Waals surface area contributed by atoms with Crippen LogP contribution in [0, 0.1) is 6.92 Å². The van der Waals surface area contributed by atoms with Crippen molar-refractivity contribution in [3.63, 3.8) is 0 Å². The van der Waals surface area contributed by atoms with E-state index in [-0.39, 0.29) is 0 Å². The third kappa shape index (κ3) is 5.72. The van der Waals surface area contributed by atoms with Crippen LogP contribution >= 0.6 is 0 Å². The molecule has 7 nitrogen and oxygen atoms in total. The van der Waals surface area contributed by atoms with E-state index >= 15 is 0 Å². The van der Waals surface area contributed by atoms with Gasteiger partial charge in [0.1, 0.15) is 18.2 Å². The standard InChI is InChI=1S/C19H25N5O2/c1-15-3-2-4-16(11-15)14-21-23-19-13-17(12-18(20)22-19)26-10-7-24-5-8-25-9-6-24/h2-4,11-14H,5-10H2,1H3,(H3,20,22,23)/b21-14+. The minimum atomic E-state index is 0.391. The number of ether oxygens (including phenoxy) is 2. The van der Waals surface area contributed by atoms with Crippen molar-refractivity contribution in [2.75, 3.05) is 50.6 Å². The Morgan fingerprint density at radius 3 is 2.96 bits per heavy atom. The highest BCUT2D eigenvalue weighted by Gasteiger charge is 2.10. The Morgan fingerprint density at radius 1 is 1.31 bits per heavy atom. The molecule has 138 valence electrons. The predicted octanol–water partition coefficient (Wildman–Crippen LogP) is 2.13. The lowest BCUT2D eigenvalue weighted by atomic mass is 10.2. The molecule has 0 spiro atoms. The minimum Gasteiger partial charge on any atom is -0.492 e. The molecule has 1 aliphatic heterocycles. The van der Waals surface area contributed by atoms with E-state index in [9.17, 15) is 0 Å². The van der Waals surface area contributed by atoms with Gasteiger partial charge in [-0.1, -0.05) is 29.8 Å². The van der Waals surface area contributed by atoms with Gasteiger partial charge in [0.15, 0.2) is 5.82 Å². The van der Waals surface area contributed by atoms with E-state index in [0.717, 1.165) is 38.4 Å². The SMILES string of the molecule is Cc1cccc(/C=N/Nc2cc(OCCN3CCOCC3)cc(N)n2)c1. The maximum absolute atomic E-state index is 5.87. The third-order valence-electron chi connectivity index (χ3n) is 4.03. The van der Waals surface area contributed by atoms with Gasteiger partial charge in [-0.25, -0.2) is 4.98 Å². The summed E-state index contributed by atoms with van der Waals surface area (Å²) in [5.74, 6) is 1.62. The summed E-state index contributed by atoms with van der Waals surface area (Å²) in [6, 6.07) is 11.6. The van der Waals surface area contributed by atoms with Crippen LogP contribution in [-0.4, -0.2) is 55.6 Å². The molecule has 1 aromatic carbocycles. The smallest absolute Gasteiger partial charge is 0.152 e. The van der Waals surface area contributed by atoms with Crippen molar-refractivity contribution in [1.29, 1.82) is 0 Å². The number of nitrogens with two attached hydrogens (primary N) is 1. The van der Waals surface area contributed by atoms with Crippen LogP contribution in [0.15, 0.2) is 41.5 Å². The fourth-order valence-electron chi connectivity index (χ4n) is 2.71. The molecule has 0 radical (unpaired) electrons. The van der Waals surface area contributed by atoms with Gasteiger partial charge in [-0.15, -0.1) is 0 Å². The van der Waals surface area contributed by atoms with Crippen molar-refractivity contribution >= 4 is 17.9 Å². The summed E-state index contributed by atoms with van der Waals surface area (Å²) in [6.07, 6.45) is 1.75. The van der Waals surface area contributed by atoms with Crippen LogP contribution in [0.3, 0.4) is 0 Å². The van der Waals surface area contributed by atoms with E-state index in [1.165, 1.54) is 5.56 Å². The predicted molar refractivity (Wildman–Crippen MR) is 104 cm³/mol. The van der Waals surface area contributed by atoms with Gasteiger partial charge < -0.3 is 15.2 Å². The number of nitrogens with zero attached hydrogens (tertiary/aromatic N) is 3. The van der Waals surface area contributed by atoms with Crippen molar-refractivity contribution in [1.82, 2.24) is 9.88 Å². The second kappa shape index (κ2) is 9.17. The van der Waals surface area contributed by atoms with Crippen LogP contribution in [0.1, 0.15) is 11.1 Å². The fraction of sp³-hybridized carbons (Fsp3) is 0.368. The van der Waals surface area contributed by atoms with Gasteiger partial charge in [0.05, 0.1) is 19.4 Å². The van der Waals surface area contributed by atoms with E-state index < -0.39 is 0 Å². The first-order chi connectivity index (χ1) is 12.7. The molecular formula is C19H25N5O2. The lowest BCUT2D eigenvalue weighted by Gasteiger charge is -2.26. The highest BCUT2D eigenvalue weighted by atomic mass is 16.5. The lowest BCUT2D eigenvalue weighted by molar-refractivity contribution is 0.0322. The first-order valence-electron chi connectivity index (χ1n) is 8.75. The molecule has 1 saturated heterocycles. The number of nitrogens with one attached hydrogen (secondary N) is 1. The van der Waals surface area contributed by atoms with Gasteiger partial charge in [0, 0.05) is 31.8 Å². The van der Waals surface area contributed by atoms with Gasteiger partial charge in [0.25, 0.3) is 0 Å². The maximum atomic E-state index is 5.87. The summed E-state index contributed by atoms with van der Waals surface area (Å²) in [6.45, 7) is 6.97. The Kier molecular flexibility index (Phi) is 6.40. The Hall–Kier alpha value is -2.64. The number of rotatable bonds is 7. The van der Waals surface area contributed by atoms with Crippen molar-refractivity contribution < 1.29 is 9.47 Å². The second-order valence-electron chi connectivity index (χ2n) is 6.20. The van der Waals surface area contributed by atoms with Crippen LogP contribution < -0.4 is 15.9 Å². The number of hydrogen-bond acceptors (Lipinski definition) is 7. The molecule has 1 aromatic heterocycles. The molecule has 3 N–H and O–H groups in total. The van der Waals surface area contributed by atoms with Crippen LogP contribution in [0.5, 0.6) is 5.75 Å². The largest absolute Gasteiger partial charge is 0.492 e.